The number of rotatable bonds is 3. The summed E-state index contributed by atoms with van der Waals surface area (Å²) in [4.78, 5) is 11.3. The number of carbonyl (C=O) groups is 1. The van der Waals surface area contributed by atoms with Crippen LogP contribution in [0.15, 0.2) is 12.1 Å². The van der Waals surface area contributed by atoms with E-state index < -0.39 is 0 Å². The van der Waals surface area contributed by atoms with Crippen molar-refractivity contribution in [3.8, 4) is 0 Å². The molecule has 0 fully saturated rings. The summed E-state index contributed by atoms with van der Waals surface area (Å²) in [6.45, 7) is 5.61. The molecule has 1 aromatic rings. The lowest BCUT2D eigenvalue weighted by molar-refractivity contribution is -0.119. The van der Waals surface area contributed by atoms with Crippen LogP contribution in [0.1, 0.15) is 37.6 Å². The van der Waals surface area contributed by atoms with Crippen molar-refractivity contribution in [1.82, 2.24) is 10.2 Å². The van der Waals surface area contributed by atoms with Crippen molar-refractivity contribution < 1.29 is 4.79 Å². The Morgan fingerprint density at radius 2 is 2.15 bits per heavy atom. The van der Waals surface area contributed by atoms with Gasteiger partial charge in [0.25, 0.3) is 0 Å². The van der Waals surface area contributed by atoms with E-state index in [4.69, 9.17) is 0 Å². The molecule has 0 aliphatic rings. The molecule has 0 saturated carbocycles. The molecule has 3 nitrogen and oxygen atoms in total. The van der Waals surface area contributed by atoms with Crippen LogP contribution in [0.3, 0.4) is 0 Å². The first-order chi connectivity index (χ1) is 6.15. The van der Waals surface area contributed by atoms with Gasteiger partial charge in [0.15, 0.2) is 0 Å². The van der Waals surface area contributed by atoms with Gasteiger partial charge < -0.3 is 0 Å². The first kappa shape index (κ1) is 9.84. The molecule has 0 amide bonds. The van der Waals surface area contributed by atoms with Crippen LogP contribution >= 0.6 is 0 Å². The van der Waals surface area contributed by atoms with Gasteiger partial charge in [-0.1, -0.05) is 6.92 Å². The molecule has 0 spiro atoms. The van der Waals surface area contributed by atoms with Gasteiger partial charge in [0, 0.05) is 6.42 Å². The van der Waals surface area contributed by atoms with Crippen molar-refractivity contribution in [3.63, 3.8) is 0 Å². The summed E-state index contributed by atoms with van der Waals surface area (Å²) in [5.74, 6) is 0.0799. The number of nitrogens with zero attached hydrogens (tertiary/aromatic N) is 2. The largest absolute Gasteiger partial charge is 0.299 e. The molecule has 0 aliphatic carbocycles. The normalized spacial score (nSPS) is 12.5. The molecule has 1 heterocycles. The third kappa shape index (κ3) is 2.34. The van der Waals surface area contributed by atoms with Crippen LogP contribution in [0.25, 0.3) is 0 Å². The van der Waals surface area contributed by atoms with E-state index in [1.54, 1.807) is 0 Å². The van der Waals surface area contributed by atoms with Crippen molar-refractivity contribution in [3.05, 3.63) is 23.5 Å². The molecule has 1 atom stereocenters. The lowest BCUT2D eigenvalue weighted by Gasteiger charge is -2.06. The van der Waals surface area contributed by atoms with Crippen molar-refractivity contribution in [2.75, 3.05) is 0 Å². The molecule has 0 aromatic carbocycles. The quantitative estimate of drug-likeness (QED) is 0.709. The molecule has 1 unspecified atom stereocenters. The first-order valence-electron chi connectivity index (χ1n) is 4.48. The second-order valence-corrected chi connectivity index (χ2v) is 3.14. The monoisotopic (exact) mass is 178 g/mol. The molecule has 3 heteroatoms. The van der Waals surface area contributed by atoms with Crippen molar-refractivity contribution in [1.29, 1.82) is 0 Å². The highest BCUT2D eigenvalue weighted by Crippen LogP contribution is 2.14. The summed E-state index contributed by atoms with van der Waals surface area (Å²) in [6.07, 6.45) is 0.552. The Labute approximate surface area is 78.2 Å². The maximum absolute atomic E-state index is 11.3. The smallest absolute Gasteiger partial charge is 0.141 e. The third-order valence-corrected chi connectivity index (χ3v) is 2.09. The number of ketones is 1. The summed E-state index contributed by atoms with van der Waals surface area (Å²) in [5.41, 5.74) is 1.64. The van der Waals surface area contributed by atoms with E-state index in [0.29, 0.717) is 6.42 Å². The van der Waals surface area contributed by atoms with Gasteiger partial charge in [-0.15, -0.1) is 0 Å². The molecule has 0 N–H and O–H groups in total. The van der Waals surface area contributed by atoms with Crippen LogP contribution in [0.4, 0.5) is 0 Å². The van der Waals surface area contributed by atoms with Crippen LogP contribution in [0, 0.1) is 6.92 Å². The Hall–Kier alpha value is -1.25. The Balaban J connectivity index is 2.83. The van der Waals surface area contributed by atoms with Crippen molar-refractivity contribution >= 4 is 5.78 Å². The van der Waals surface area contributed by atoms with Gasteiger partial charge in [0.1, 0.15) is 5.78 Å². The summed E-state index contributed by atoms with van der Waals surface area (Å²) >= 11 is 0. The van der Waals surface area contributed by atoms with E-state index in [1.165, 1.54) is 0 Å². The highest BCUT2D eigenvalue weighted by Gasteiger charge is 2.14. The van der Waals surface area contributed by atoms with Gasteiger partial charge in [-0.05, 0) is 26.0 Å². The van der Waals surface area contributed by atoms with E-state index in [9.17, 15) is 4.79 Å². The Bertz CT molecular complexity index is 292. The van der Waals surface area contributed by atoms with Crippen molar-refractivity contribution in [2.45, 2.75) is 33.1 Å². The third-order valence-electron chi connectivity index (χ3n) is 2.09. The first-order valence-corrected chi connectivity index (χ1v) is 4.48. The summed E-state index contributed by atoms with van der Waals surface area (Å²) in [5, 5.41) is 7.89. The Kier molecular flexibility index (Phi) is 3.12. The van der Waals surface area contributed by atoms with E-state index in [2.05, 4.69) is 10.2 Å². The highest BCUT2D eigenvalue weighted by atomic mass is 16.1. The fourth-order valence-electron chi connectivity index (χ4n) is 1.11. The lowest BCUT2D eigenvalue weighted by Crippen LogP contribution is -2.10. The second kappa shape index (κ2) is 4.12. The zero-order valence-corrected chi connectivity index (χ0v) is 8.24. The SMILES string of the molecule is CCC(=O)C(C)c1ccc(C)nn1. The Morgan fingerprint density at radius 1 is 1.46 bits per heavy atom. The van der Waals surface area contributed by atoms with Crippen LogP contribution in [-0.2, 0) is 4.79 Å². The average Bonchev–Trinajstić information content (AvgIpc) is 2.17. The fourth-order valence-corrected chi connectivity index (χ4v) is 1.11. The van der Waals surface area contributed by atoms with E-state index in [0.717, 1.165) is 11.4 Å². The molecule has 0 bridgehead atoms. The molecule has 0 radical (unpaired) electrons. The Morgan fingerprint density at radius 3 is 2.62 bits per heavy atom. The van der Waals surface area contributed by atoms with Gasteiger partial charge in [-0.3, -0.25) is 4.79 Å². The van der Waals surface area contributed by atoms with Gasteiger partial charge in [-0.25, -0.2) is 0 Å². The lowest BCUT2D eigenvalue weighted by atomic mass is 10.0. The second-order valence-electron chi connectivity index (χ2n) is 3.14. The zero-order chi connectivity index (χ0) is 9.84. The fraction of sp³-hybridized carbons (Fsp3) is 0.500. The average molecular weight is 178 g/mol. The maximum atomic E-state index is 11.3. The van der Waals surface area contributed by atoms with Crippen LogP contribution < -0.4 is 0 Å². The minimum absolute atomic E-state index is 0.127. The van der Waals surface area contributed by atoms with E-state index in [1.807, 2.05) is 32.9 Å². The number of carbonyl (C=O) groups excluding carboxylic acids is 1. The predicted octanol–water partition coefficient (Wildman–Crippen LogP) is 1.87. The van der Waals surface area contributed by atoms with Gasteiger partial charge in [-0.2, -0.15) is 10.2 Å². The molecular weight excluding hydrogens is 164 g/mol. The summed E-state index contributed by atoms with van der Waals surface area (Å²) in [6, 6.07) is 3.74. The highest BCUT2D eigenvalue weighted by molar-refractivity contribution is 5.84. The molecule has 0 saturated heterocycles. The van der Waals surface area contributed by atoms with Gasteiger partial charge in [0.05, 0.1) is 17.3 Å². The molecular formula is C10H14N2O. The zero-order valence-electron chi connectivity index (χ0n) is 8.24. The minimum atomic E-state index is -0.127. The topological polar surface area (TPSA) is 42.9 Å². The number of hydrogen-bond acceptors (Lipinski definition) is 3. The summed E-state index contributed by atoms with van der Waals surface area (Å²) < 4.78 is 0. The maximum Gasteiger partial charge on any atom is 0.141 e. The van der Waals surface area contributed by atoms with Crippen LogP contribution in [0.2, 0.25) is 0 Å². The van der Waals surface area contributed by atoms with Crippen LogP contribution in [-0.4, -0.2) is 16.0 Å². The van der Waals surface area contributed by atoms with E-state index in [-0.39, 0.29) is 11.7 Å². The number of aromatic nitrogens is 2. The van der Waals surface area contributed by atoms with Crippen molar-refractivity contribution in [2.24, 2.45) is 0 Å². The minimum Gasteiger partial charge on any atom is -0.299 e. The number of hydrogen-bond donors (Lipinski definition) is 0. The molecule has 13 heavy (non-hydrogen) atoms. The predicted molar refractivity (Wildman–Crippen MR) is 50.5 cm³/mol. The van der Waals surface area contributed by atoms with E-state index >= 15 is 0 Å². The standard InChI is InChI=1S/C10H14N2O/c1-4-10(13)8(3)9-6-5-7(2)11-12-9/h5-6,8H,4H2,1-3H3. The van der Waals surface area contributed by atoms with Gasteiger partial charge in [0.2, 0.25) is 0 Å². The number of aryl methyl sites for hydroxylation is 1. The van der Waals surface area contributed by atoms with Gasteiger partial charge >= 0.3 is 0 Å². The molecule has 1 rings (SSSR count). The molecule has 0 aliphatic heterocycles. The summed E-state index contributed by atoms with van der Waals surface area (Å²) in [7, 11) is 0. The number of Topliss-reactive ketones (excluding diaryl/α,β-unsaturated/α-hetero) is 1. The molecule has 70 valence electrons. The van der Waals surface area contributed by atoms with Crippen LogP contribution in [0.5, 0.6) is 0 Å². The molecule has 1 aromatic heterocycles.